The van der Waals surface area contributed by atoms with Gasteiger partial charge in [-0.3, -0.25) is 14.4 Å². The maximum atomic E-state index is 13.0. The maximum absolute atomic E-state index is 13.0. The summed E-state index contributed by atoms with van der Waals surface area (Å²) < 4.78 is 0. The fourth-order valence-electron chi connectivity index (χ4n) is 4.14. The second kappa shape index (κ2) is 8.33. The zero-order valence-electron chi connectivity index (χ0n) is 15.1. The normalized spacial score (nSPS) is 24.6. The number of rotatable bonds is 6. The van der Waals surface area contributed by atoms with Crippen LogP contribution in [-0.4, -0.2) is 46.2 Å². The van der Waals surface area contributed by atoms with Gasteiger partial charge in [0.05, 0.1) is 0 Å². The van der Waals surface area contributed by atoms with Crippen LogP contribution in [0.2, 0.25) is 0 Å². The van der Waals surface area contributed by atoms with Crippen molar-refractivity contribution in [1.82, 2.24) is 10.2 Å². The van der Waals surface area contributed by atoms with E-state index in [1.807, 2.05) is 30.3 Å². The minimum Gasteiger partial charge on any atom is -0.475 e. The summed E-state index contributed by atoms with van der Waals surface area (Å²) in [5, 5.41) is 11.9. The molecule has 1 aromatic rings. The van der Waals surface area contributed by atoms with Crippen molar-refractivity contribution in [3.05, 3.63) is 35.9 Å². The van der Waals surface area contributed by atoms with Gasteiger partial charge in [-0.2, -0.15) is 0 Å². The van der Waals surface area contributed by atoms with E-state index in [1.165, 1.54) is 4.90 Å². The lowest BCUT2D eigenvalue weighted by molar-refractivity contribution is -0.154. The molecule has 1 aromatic carbocycles. The van der Waals surface area contributed by atoms with Crippen LogP contribution >= 0.6 is 0 Å². The highest BCUT2D eigenvalue weighted by Crippen LogP contribution is 2.35. The molecular weight excluding hydrogens is 348 g/mol. The third-order valence-electron chi connectivity index (χ3n) is 5.53. The van der Waals surface area contributed by atoms with Crippen molar-refractivity contribution >= 4 is 23.6 Å². The zero-order valence-corrected chi connectivity index (χ0v) is 15.1. The van der Waals surface area contributed by atoms with Gasteiger partial charge >= 0.3 is 5.97 Å². The van der Waals surface area contributed by atoms with Gasteiger partial charge in [0.15, 0.2) is 0 Å². The summed E-state index contributed by atoms with van der Waals surface area (Å²) in [5.74, 6) is -3.78. The molecule has 3 atom stereocenters. The Hall–Kier alpha value is -2.70. The Bertz CT molecular complexity index is 733. The molecule has 0 bridgehead atoms. The number of benzene rings is 1. The van der Waals surface area contributed by atoms with E-state index < -0.39 is 29.6 Å². The summed E-state index contributed by atoms with van der Waals surface area (Å²) >= 11 is 0. The highest BCUT2D eigenvalue weighted by atomic mass is 16.4. The van der Waals surface area contributed by atoms with Crippen molar-refractivity contribution < 1.29 is 24.3 Å². The Morgan fingerprint density at radius 3 is 2.41 bits per heavy atom. The number of aliphatic carboxylic acids is 1. The molecule has 7 nitrogen and oxygen atoms in total. The van der Waals surface area contributed by atoms with Crippen LogP contribution in [0.25, 0.3) is 0 Å². The van der Waals surface area contributed by atoms with Crippen molar-refractivity contribution in [2.24, 2.45) is 11.8 Å². The summed E-state index contributed by atoms with van der Waals surface area (Å²) in [5.41, 5.74) is 0.985. The van der Waals surface area contributed by atoms with Crippen molar-refractivity contribution in [3.63, 3.8) is 0 Å². The molecule has 0 aromatic heterocycles. The Balaban J connectivity index is 1.64. The Kier molecular flexibility index (Phi) is 5.88. The van der Waals surface area contributed by atoms with Crippen LogP contribution in [0.3, 0.4) is 0 Å². The molecular formula is C20H24N2O5. The number of ketones is 1. The quantitative estimate of drug-likeness (QED) is 0.734. The van der Waals surface area contributed by atoms with Crippen molar-refractivity contribution in [1.29, 1.82) is 0 Å². The summed E-state index contributed by atoms with van der Waals surface area (Å²) in [6.45, 7) is 0.776. The molecule has 1 saturated heterocycles. The van der Waals surface area contributed by atoms with Crippen LogP contribution in [0.1, 0.15) is 37.7 Å². The average Bonchev–Trinajstić information content (AvgIpc) is 3.35. The number of likely N-dealkylation sites (tertiary alicyclic amines) is 1. The third-order valence-corrected chi connectivity index (χ3v) is 5.53. The fourth-order valence-corrected chi connectivity index (χ4v) is 4.14. The van der Waals surface area contributed by atoms with E-state index in [2.05, 4.69) is 5.32 Å². The van der Waals surface area contributed by atoms with Crippen LogP contribution in [0.15, 0.2) is 30.3 Å². The monoisotopic (exact) mass is 372 g/mol. The number of carbonyl (C=O) groups excluding carboxylic acids is 3. The van der Waals surface area contributed by atoms with Crippen LogP contribution in [0, 0.1) is 11.8 Å². The lowest BCUT2D eigenvalue weighted by atomic mass is 9.93. The second-order valence-corrected chi connectivity index (χ2v) is 7.21. The van der Waals surface area contributed by atoms with Crippen molar-refractivity contribution in [3.8, 4) is 0 Å². The second-order valence-electron chi connectivity index (χ2n) is 7.21. The van der Waals surface area contributed by atoms with Gasteiger partial charge in [0.2, 0.25) is 11.8 Å². The molecule has 2 N–H and O–H groups in total. The first-order valence-electron chi connectivity index (χ1n) is 9.38. The molecule has 1 saturated carbocycles. The molecule has 1 aliphatic carbocycles. The van der Waals surface area contributed by atoms with Crippen LogP contribution in [-0.2, 0) is 25.7 Å². The van der Waals surface area contributed by atoms with Crippen molar-refractivity contribution in [2.45, 2.75) is 44.7 Å². The van der Waals surface area contributed by atoms with E-state index in [0.29, 0.717) is 38.8 Å². The minimum atomic E-state index is -1.51. The van der Waals surface area contributed by atoms with E-state index in [9.17, 15) is 19.2 Å². The number of carboxylic acid groups (broad SMARTS) is 1. The first-order chi connectivity index (χ1) is 13.0. The first kappa shape index (κ1) is 19.1. The number of Topliss-reactive ketones (excluding diaryl/α,β-unsaturated/α-hetero) is 1. The molecule has 3 rings (SSSR count). The van der Waals surface area contributed by atoms with Gasteiger partial charge in [-0.1, -0.05) is 36.8 Å². The zero-order chi connectivity index (χ0) is 19.4. The highest BCUT2D eigenvalue weighted by molar-refractivity contribution is 6.35. The fraction of sp³-hybridized carbons (Fsp3) is 0.500. The predicted molar refractivity (Wildman–Crippen MR) is 96.5 cm³/mol. The molecule has 27 heavy (non-hydrogen) atoms. The Labute approximate surface area is 157 Å². The molecule has 2 aliphatic rings. The van der Waals surface area contributed by atoms with E-state index in [-0.39, 0.29) is 11.8 Å². The molecule has 0 radical (unpaired) electrons. The number of nitrogens with zero attached hydrogens (tertiary/aromatic N) is 1. The molecule has 7 heteroatoms. The molecule has 1 aliphatic heterocycles. The lowest BCUT2D eigenvalue weighted by Gasteiger charge is -2.28. The van der Waals surface area contributed by atoms with Gasteiger partial charge < -0.3 is 15.3 Å². The SMILES string of the molecule is O=C(O)C(=O)[C@@H]1CCCN1C(=O)C1CCC[C@H]1C(=O)NCc1ccccc1. The summed E-state index contributed by atoms with van der Waals surface area (Å²) in [6, 6.07) is 8.64. The third kappa shape index (κ3) is 4.18. The Morgan fingerprint density at radius 1 is 1.00 bits per heavy atom. The number of amides is 2. The van der Waals surface area contributed by atoms with E-state index in [4.69, 9.17) is 5.11 Å². The number of carboxylic acids is 1. The summed E-state index contributed by atoms with van der Waals surface area (Å²) in [4.78, 5) is 49.9. The smallest absolute Gasteiger partial charge is 0.374 e. The summed E-state index contributed by atoms with van der Waals surface area (Å²) in [6.07, 6.45) is 2.96. The molecule has 1 unspecified atom stereocenters. The lowest BCUT2D eigenvalue weighted by Crippen LogP contribution is -2.47. The Morgan fingerprint density at radius 2 is 1.70 bits per heavy atom. The van der Waals surface area contributed by atoms with Crippen LogP contribution in [0.5, 0.6) is 0 Å². The number of nitrogens with one attached hydrogen (secondary N) is 1. The topological polar surface area (TPSA) is 104 Å². The van der Waals surface area contributed by atoms with E-state index >= 15 is 0 Å². The van der Waals surface area contributed by atoms with Gasteiger partial charge in [0.1, 0.15) is 6.04 Å². The number of hydrogen-bond donors (Lipinski definition) is 2. The largest absolute Gasteiger partial charge is 0.475 e. The van der Waals surface area contributed by atoms with Gasteiger partial charge in [-0.25, -0.2) is 4.79 Å². The van der Waals surface area contributed by atoms with Gasteiger partial charge in [-0.15, -0.1) is 0 Å². The van der Waals surface area contributed by atoms with Gasteiger partial charge in [0, 0.05) is 24.9 Å². The van der Waals surface area contributed by atoms with Crippen LogP contribution in [0.4, 0.5) is 0 Å². The minimum absolute atomic E-state index is 0.157. The average molecular weight is 372 g/mol. The molecule has 2 amide bonds. The molecule has 144 valence electrons. The molecule has 0 spiro atoms. The molecule has 1 heterocycles. The standard InChI is InChI=1S/C20H24N2O5/c23-17(20(26)27)16-10-5-11-22(16)19(25)15-9-4-8-14(15)18(24)21-12-13-6-2-1-3-7-13/h1-3,6-7,14-16H,4-5,8-12H2,(H,21,24)(H,26,27)/t14-,15?,16+/m1/s1. The first-order valence-corrected chi connectivity index (χ1v) is 9.38. The van der Waals surface area contributed by atoms with Crippen LogP contribution < -0.4 is 5.32 Å². The number of carbonyl (C=O) groups is 4. The number of hydrogen-bond acceptors (Lipinski definition) is 4. The van der Waals surface area contributed by atoms with Gasteiger partial charge in [0.25, 0.3) is 5.78 Å². The van der Waals surface area contributed by atoms with Gasteiger partial charge in [-0.05, 0) is 31.2 Å². The highest BCUT2D eigenvalue weighted by Gasteiger charge is 2.44. The van der Waals surface area contributed by atoms with E-state index in [1.54, 1.807) is 0 Å². The maximum Gasteiger partial charge on any atom is 0.374 e. The summed E-state index contributed by atoms with van der Waals surface area (Å²) in [7, 11) is 0. The van der Waals surface area contributed by atoms with E-state index in [0.717, 1.165) is 12.0 Å². The molecule has 2 fully saturated rings. The predicted octanol–water partition coefficient (Wildman–Crippen LogP) is 1.36. The van der Waals surface area contributed by atoms with Crippen molar-refractivity contribution in [2.75, 3.05) is 6.54 Å².